The average molecular weight is 296 g/mol. The predicted molar refractivity (Wildman–Crippen MR) is 80.0 cm³/mol. The van der Waals surface area contributed by atoms with Gasteiger partial charge in [-0.05, 0) is 18.9 Å². The van der Waals surface area contributed by atoms with Crippen LogP contribution in [-0.4, -0.2) is 41.8 Å². The molecule has 3 nitrogen and oxygen atoms in total. The summed E-state index contributed by atoms with van der Waals surface area (Å²) in [5.74, 6) is 0. The van der Waals surface area contributed by atoms with Gasteiger partial charge in [-0.2, -0.15) is 0 Å². The van der Waals surface area contributed by atoms with Crippen molar-refractivity contribution in [3.8, 4) is 0 Å². The van der Waals surface area contributed by atoms with E-state index in [-0.39, 0.29) is 18.2 Å². The van der Waals surface area contributed by atoms with Crippen LogP contribution in [0.3, 0.4) is 0 Å². The van der Waals surface area contributed by atoms with E-state index in [1.54, 1.807) is 0 Å². The second kappa shape index (κ2) is 6.44. The van der Waals surface area contributed by atoms with Crippen molar-refractivity contribution in [3.05, 3.63) is 34.9 Å². The summed E-state index contributed by atoms with van der Waals surface area (Å²) < 4.78 is 5.89. The molecule has 1 saturated heterocycles. The molecule has 0 bridgehead atoms. The molecule has 0 spiro atoms. The number of aliphatic hydroxyl groups excluding tert-OH is 1. The van der Waals surface area contributed by atoms with Gasteiger partial charge in [0.2, 0.25) is 0 Å². The fourth-order valence-corrected chi connectivity index (χ4v) is 3.67. The molecule has 4 heteroatoms. The third-order valence-electron chi connectivity index (χ3n) is 4.51. The Hall–Kier alpha value is -0.610. The van der Waals surface area contributed by atoms with Crippen molar-refractivity contribution in [2.24, 2.45) is 0 Å². The Bertz CT molecular complexity index is 454. The predicted octanol–water partition coefficient (Wildman–Crippen LogP) is 3.02. The highest BCUT2D eigenvalue weighted by molar-refractivity contribution is 6.31. The van der Waals surface area contributed by atoms with Crippen molar-refractivity contribution in [1.82, 2.24) is 4.90 Å². The van der Waals surface area contributed by atoms with Gasteiger partial charge in [-0.3, -0.25) is 4.90 Å². The third-order valence-corrected chi connectivity index (χ3v) is 4.86. The Labute approximate surface area is 125 Å². The standard InChI is InChI=1S/C16H22ClNO2/c17-13-6-2-1-5-12(13)16-11-18(9-10-20-16)14-7-3-4-8-15(14)19/h1-2,5-6,14-16,19H,3-4,7-11H2. The van der Waals surface area contributed by atoms with E-state index in [0.29, 0.717) is 6.61 Å². The number of morpholine rings is 1. The highest BCUT2D eigenvalue weighted by atomic mass is 35.5. The minimum absolute atomic E-state index is 0.0200. The lowest BCUT2D eigenvalue weighted by Crippen LogP contribution is -2.50. The van der Waals surface area contributed by atoms with Crippen LogP contribution >= 0.6 is 11.6 Å². The Morgan fingerprint density at radius 3 is 2.80 bits per heavy atom. The molecular weight excluding hydrogens is 274 g/mol. The van der Waals surface area contributed by atoms with Gasteiger partial charge in [-0.1, -0.05) is 42.6 Å². The van der Waals surface area contributed by atoms with E-state index in [9.17, 15) is 5.11 Å². The molecule has 3 atom stereocenters. The zero-order chi connectivity index (χ0) is 13.9. The van der Waals surface area contributed by atoms with Crippen LogP contribution in [0.2, 0.25) is 5.02 Å². The summed E-state index contributed by atoms with van der Waals surface area (Å²) in [6.45, 7) is 2.44. The normalized spacial score (nSPS) is 32.2. The molecule has 1 aliphatic heterocycles. The topological polar surface area (TPSA) is 32.7 Å². The summed E-state index contributed by atoms with van der Waals surface area (Å²) in [5.41, 5.74) is 1.06. The first-order valence-electron chi connectivity index (χ1n) is 7.54. The summed E-state index contributed by atoms with van der Waals surface area (Å²) >= 11 is 6.27. The lowest BCUT2D eigenvalue weighted by atomic mass is 9.90. The minimum Gasteiger partial charge on any atom is -0.391 e. The Kier molecular flexibility index (Phi) is 4.61. The van der Waals surface area contributed by atoms with Crippen molar-refractivity contribution in [3.63, 3.8) is 0 Å². The van der Waals surface area contributed by atoms with Gasteiger partial charge >= 0.3 is 0 Å². The van der Waals surface area contributed by atoms with Crippen LogP contribution in [-0.2, 0) is 4.74 Å². The fraction of sp³-hybridized carbons (Fsp3) is 0.625. The zero-order valence-corrected chi connectivity index (χ0v) is 12.4. The van der Waals surface area contributed by atoms with Crippen LogP contribution in [0.1, 0.15) is 37.4 Å². The van der Waals surface area contributed by atoms with Gasteiger partial charge in [-0.25, -0.2) is 0 Å². The molecule has 1 aliphatic carbocycles. The maximum absolute atomic E-state index is 10.2. The first-order valence-corrected chi connectivity index (χ1v) is 7.91. The molecule has 0 amide bonds. The number of ether oxygens (including phenoxy) is 1. The number of benzene rings is 1. The molecule has 20 heavy (non-hydrogen) atoms. The summed E-state index contributed by atoms with van der Waals surface area (Å²) in [5, 5.41) is 11.0. The summed E-state index contributed by atoms with van der Waals surface area (Å²) in [7, 11) is 0. The smallest absolute Gasteiger partial charge is 0.0966 e. The monoisotopic (exact) mass is 295 g/mol. The van der Waals surface area contributed by atoms with Gasteiger partial charge < -0.3 is 9.84 Å². The van der Waals surface area contributed by atoms with E-state index in [1.165, 1.54) is 6.42 Å². The van der Waals surface area contributed by atoms with Gasteiger partial charge in [0.25, 0.3) is 0 Å². The molecule has 1 aromatic carbocycles. The number of nitrogens with zero attached hydrogens (tertiary/aromatic N) is 1. The van der Waals surface area contributed by atoms with Crippen LogP contribution in [0, 0.1) is 0 Å². The van der Waals surface area contributed by atoms with Gasteiger partial charge in [0.05, 0.1) is 18.8 Å². The van der Waals surface area contributed by atoms with E-state index >= 15 is 0 Å². The highest BCUT2D eigenvalue weighted by Gasteiger charge is 2.33. The quantitative estimate of drug-likeness (QED) is 0.910. The summed E-state index contributed by atoms with van der Waals surface area (Å²) in [6.07, 6.45) is 4.22. The van der Waals surface area contributed by atoms with E-state index < -0.39 is 0 Å². The second-order valence-corrected chi connectivity index (χ2v) is 6.20. The second-order valence-electron chi connectivity index (χ2n) is 5.80. The van der Waals surface area contributed by atoms with E-state index in [0.717, 1.165) is 42.9 Å². The Balaban J connectivity index is 1.72. The van der Waals surface area contributed by atoms with Gasteiger partial charge in [0.1, 0.15) is 0 Å². The molecule has 0 radical (unpaired) electrons. The molecule has 1 N–H and O–H groups in total. The molecule has 2 fully saturated rings. The van der Waals surface area contributed by atoms with Gasteiger partial charge in [-0.15, -0.1) is 0 Å². The molecule has 1 heterocycles. The summed E-state index contributed by atoms with van der Waals surface area (Å²) in [6, 6.07) is 8.18. The number of halogens is 1. The molecular formula is C16H22ClNO2. The van der Waals surface area contributed by atoms with Crippen molar-refractivity contribution < 1.29 is 9.84 Å². The number of hydrogen-bond donors (Lipinski definition) is 1. The lowest BCUT2D eigenvalue weighted by molar-refractivity contribution is -0.0748. The van der Waals surface area contributed by atoms with Gasteiger partial charge in [0.15, 0.2) is 0 Å². The van der Waals surface area contributed by atoms with Crippen molar-refractivity contribution in [2.45, 2.75) is 43.9 Å². The fourth-order valence-electron chi connectivity index (χ4n) is 3.41. The minimum atomic E-state index is -0.186. The maximum Gasteiger partial charge on any atom is 0.0966 e. The molecule has 3 rings (SSSR count). The maximum atomic E-state index is 10.2. The number of hydrogen-bond acceptors (Lipinski definition) is 3. The van der Waals surface area contributed by atoms with E-state index in [2.05, 4.69) is 4.90 Å². The van der Waals surface area contributed by atoms with Crippen LogP contribution in [0.4, 0.5) is 0 Å². The first kappa shape index (κ1) is 14.3. The zero-order valence-electron chi connectivity index (χ0n) is 11.7. The molecule has 3 unspecified atom stereocenters. The van der Waals surface area contributed by atoms with Crippen molar-refractivity contribution in [2.75, 3.05) is 19.7 Å². The van der Waals surface area contributed by atoms with Crippen molar-refractivity contribution in [1.29, 1.82) is 0 Å². The molecule has 1 saturated carbocycles. The number of rotatable bonds is 2. The summed E-state index contributed by atoms with van der Waals surface area (Å²) in [4.78, 5) is 2.39. The molecule has 1 aromatic rings. The Morgan fingerprint density at radius 1 is 1.20 bits per heavy atom. The van der Waals surface area contributed by atoms with Crippen LogP contribution in [0.5, 0.6) is 0 Å². The molecule has 2 aliphatic rings. The molecule has 110 valence electrons. The van der Waals surface area contributed by atoms with Crippen LogP contribution in [0.15, 0.2) is 24.3 Å². The lowest BCUT2D eigenvalue weighted by Gasteiger charge is -2.42. The largest absolute Gasteiger partial charge is 0.391 e. The average Bonchev–Trinajstić information content (AvgIpc) is 2.48. The van der Waals surface area contributed by atoms with Crippen LogP contribution < -0.4 is 0 Å². The van der Waals surface area contributed by atoms with Gasteiger partial charge in [0, 0.05) is 29.7 Å². The molecule has 0 aromatic heterocycles. The highest BCUT2D eigenvalue weighted by Crippen LogP contribution is 2.31. The van der Waals surface area contributed by atoms with Crippen LogP contribution in [0.25, 0.3) is 0 Å². The van der Waals surface area contributed by atoms with E-state index in [4.69, 9.17) is 16.3 Å². The SMILES string of the molecule is OC1CCCCC1N1CCOC(c2ccccc2Cl)C1. The Morgan fingerprint density at radius 2 is 2.00 bits per heavy atom. The third kappa shape index (κ3) is 3.01. The number of aliphatic hydroxyl groups is 1. The van der Waals surface area contributed by atoms with Crippen molar-refractivity contribution >= 4 is 11.6 Å². The first-order chi connectivity index (χ1) is 9.75. The van der Waals surface area contributed by atoms with E-state index in [1.807, 2.05) is 24.3 Å².